The average molecular weight is 761 g/mol. The van der Waals surface area contributed by atoms with Crippen LogP contribution >= 0.6 is 23.5 Å². The number of thioether (sulfide) groups is 2. The topological polar surface area (TPSA) is 235 Å². The van der Waals surface area contributed by atoms with Gasteiger partial charge in [0.05, 0.1) is 0 Å². The number of benzene rings is 2. The molecule has 0 aliphatic carbocycles. The third-order valence-corrected chi connectivity index (χ3v) is 11.6. The number of carboxylic acids is 1. The van der Waals surface area contributed by atoms with Gasteiger partial charge < -0.3 is 37.1 Å². The predicted octanol–water partition coefficient (Wildman–Crippen LogP) is 1.54. The molecule has 0 spiro atoms. The van der Waals surface area contributed by atoms with Gasteiger partial charge in [0, 0.05) is 11.5 Å². The molecule has 53 heavy (non-hydrogen) atoms. The molecule has 0 saturated carbocycles. The standard InChI is InChI=1S/C36H36N6O9S2/c1-3-5-19-15-52-33-25(31(46)41(33)27(19)35(48)49)39-30(45)24(38)18-9-13-22(14-10-18)51-36(50)28-20(6-4-2)16-53-34-26(32(47)42(28)34)40-29(44)23(37)17-7-11-21(43)12-8-17/h3-14,23-26,33-34,43H,15-16,37-38H2,1-2H3,(H,39,45)(H,40,44)(H,48,49)/t23-,24-,25-,26-,33+,34+/m1/s1. The van der Waals surface area contributed by atoms with E-state index in [9.17, 15) is 39.0 Å². The number of nitrogens with two attached hydrogens (primary N) is 2. The zero-order valence-corrected chi connectivity index (χ0v) is 30.1. The minimum absolute atomic E-state index is 0.0187. The quantitative estimate of drug-likeness (QED) is 0.109. The highest BCUT2D eigenvalue weighted by Crippen LogP contribution is 2.42. The Morgan fingerprint density at radius 1 is 0.774 bits per heavy atom. The number of rotatable bonds is 11. The van der Waals surface area contributed by atoms with Crippen LogP contribution in [0.2, 0.25) is 0 Å². The largest absolute Gasteiger partial charge is 0.508 e. The van der Waals surface area contributed by atoms with Crippen molar-refractivity contribution >= 4 is 59.1 Å². The first-order chi connectivity index (χ1) is 25.4. The van der Waals surface area contributed by atoms with Crippen molar-refractivity contribution in [1.82, 2.24) is 20.4 Å². The van der Waals surface area contributed by atoms with E-state index >= 15 is 0 Å². The maximum Gasteiger partial charge on any atom is 0.360 e. The highest BCUT2D eigenvalue weighted by molar-refractivity contribution is 8.00. The first kappa shape index (κ1) is 37.4. The summed E-state index contributed by atoms with van der Waals surface area (Å²) in [5.74, 6) is -3.50. The van der Waals surface area contributed by atoms with Crippen molar-refractivity contribution in [1.29, 1.82) is 0 Å². The summed E-state index contributed by atoms with van der Waals surface area (Å²) in [6.45, 7) is 3.52. The predicted molar refractivity (Wildman–Crippen MR) is 195 cm³/mol. The summed E-state index contributed by atoms with van der Waals surface area (Å²) in [6.07, 6.45) is 6.78. The highest BCUT2D eigenvalue weighted by Gasteiger charge is 2.55. The van der Waals surface area contributed by atoms with Crippen LogP contribution in [0, 0.1) is 0 Å². The number of ether oxygens (including phenoxy) is 1. The summed E-state index contributed by atoms with van der Waals surface area (Å²) >= 11 is 2.71. The maximum absolute atomic E-state index is 13.6. The Bertz CT molecular complexity index is 2000. The number of nitrogens with one attached hydrogen (secondary N) is 2. The SMILES string of the molecule is CC=CC1=C(C(=O)O)N2C(=O)[C@@H](NC(=O)[C@H](N)c3ccc(OC(=O)C4=C(C=CC)CS[C@H]5[C@H](NC(=O)[C@H](N)c6ccc(O)cc6)C(=O)N45)cc3)[C@@H]2SC1. The Hall–Kier alpha value is -5.36. The van der Waals surface area contributed by atoms with Crippen LogP contribution in [0.3, 0.4) is 0 Å². The van der Waals surface area contributed by atoms with Crippen molar-refractivity contribution in [2.45, 2.75) is 48.8 Å². The molecule has 0 bridgehead atoms. The number of phenols is 1. The second-order valence-corrected chi connectivity index (χ2v) is 14.6. The van der Waals surface area contributed by atoms with Crippen molar-refractivity contribution in [3.8, 4) is 11.5 Å². The van der Waals surface area contributed by atoms with E-state index < -0.39 is 70.5 Å². The minimum Gasteiger partial charge on any atom is -0.508 e. The van der Waals surface area contributed by atoms with Gasteiger partial charge in [-0.05, 0) is 60.4 Å². The number of fused-ring (bicyclic) bond motifs is 2. The smallest absolute Gasteiger partial charge is 0.360 e. The van der Waals surface area contributed by atoms with Crippen LogP contribution in [0.25, 0.3) is 0 Å². The maximum atomic E-state index is 13.6. The lowest BCUT2D eigenvalue weighted by molar-refractivity contribution is -0.150. The molecule has 276 valence electrons. The van der Waals surface area contributed by atoms with Crippen LogP contribution in [0.15, 0.2) is 95.4 Å². The third-order valence-electron chi connectivity index (χ3n) is 8.99. The van der Waals surface area contributed by atoms with Gasteiger partial charge in [0.1, 0.15) is 57.8 Å². The lowest BCUT2D eigenvalue weighted by atomic mass is 10.0. The fraction of sp³-hybridized carbons (Fsp3) is 0.278. The number of hydrogen-bond donors (Lipinski definition) is 6. The van der Waals surface area contributed by atoms with E-state index in [0.717, 1.165) is 0 Å². The molecule has 6 atom stereocenters. The fourth-order valence-corrected chi connectivity index (χ4v) is 8.94. The van der Waals surface area contributed by atoms with Crippen molar-refractivity contribution in [2.24, 2.45) is 11.5 Å². The molecule has 6 rings (SSSR count). The number of aliphatic carboxylic acids is 1. The molecule has 2 aromatic carbocycles. The molecule has 4 heterocycles. The van der Waals surface area contributed by atoms with E-state index in [2.05, 4.69) is 10.6 Å². The second-order valence-electron chi connectivity index (χ2n) is 12.4. The van der Waals surface area contributed by atoms with Gasteiger partial charge in [-0.15, -0.1) is 23.5 Å². The fourth-order valence-electron chi connectivity index (χ4n) is 6.30. The van der Waals surface area contributed by atoms with Gasteiger partial charge in [0.2, 0.25) is 11.8 Å². The van der Waals surface area contributed by atoms with Gasteiger partial charge >= 0.3 is 11.9 Å². The number of allylic oxidation sites excluding steroid dienone is 4. The Labute approximate surface area is 312 Å². The zero-order chi connectivity index (χ0) is 38.1. The second kappa shape index (κ2) is 15.3. The Balaban J connectivity index is 1.08. The third kappa shape index (κ3) is 7.07. The van der Waals surface area contributed by atoms with E-state index in [0.29, 0.717) is 33.8 Å². The number of carboxylic acid groups (broad SMARTS) is 1. The molecule has 0 unspecified atom stereocenters. The van der Waals surface area contributed by atoms with Crippen molar-refractivity contribution < 1.29 is 43.7 Å². The van der Waals surface area contributed by atoms with Crippen LogP contribution in [-0.4, -0.2) is 89.9 Å². The Kier molecular flexibility index (Phi) is 10.8. The summed E-state index contributed by atoms with van der Waals surface area (Å²) < 4.78 is 5.66. The van der Waals surface area contributed by atoms with E-state index in [1.165, 1.54) is 81.9 Å². The molecule has 4 amide bonds. The monoisotopic (exact) mass is 760 g/mol. The zero-order valence-electron chi connectivity index (χ0n) is 28.4. The minimum atomic E-state index is -1.23. The van der Waals surface area contributed by atoms with Crippen LogP contribution in [-0.2, 0) is 28.8 Å². The van der Waals surface area contributed by atoms with E-state index in [4.69, 9.17) is 16.2 Å². The van der Waals surface area contributed by atoms with Crippen LogP contribution in [0.1, 0.15) is 37.1 Å². The number of phenolic OH excluding ortho intramolecular Hbond substituents is 1. The molecule has 4 aliphatic heterocycles. The molecule has 2 saturated heterocycles. The summed E-state index contributed by atoms with van der Waals surface area (Å²) in [5.41, 5.74) is 14.1. The molecule has 2 fully saturated rings. The van der Waals surface area contributed by atoms with Gasteiger partial charge in [0.25, 0.3) is 11.8 Å². The molecule has 15 nitrogen and oxygen atoms in total. The van der Waals surface area contributed by atoms with E-state index in [-0.39, 0.29) is 22.9 Å². The number of esters is 1. The highest BCUT2D eigenvalue weighted by atomic mass is 32.2. The number of carbonyl (C=O) groups excluding carboxylic acids is 5. The van der Waals surface area contributed by atoms with Gasteiger partial charge in [-0.25, -0.2) is 9.59 Å². The van der Waals surface area contributed by atoms with Crippen molar-refractivity contribution in [3.05, 3.63) is 107 Å². The van der Waals surface area contributed by atoms with Crippen LogP contribution in [0.4, 0.5) is 0 Å². The Morgan fingerprint density at radius 3 is 1.66 bits per heavy atom. The lowest BCUT2D eigenvalue weighted by Crippen LogP contribution is -2.71. The number of carbonyl (C=O) groups is 6. The average Bonchev–Trinajstić information content (AvgIpc) is 3.15. The summed E-state index contributed by atoms with van der Waals surface area (Å²) in [6, 6.07) is 7.52. The van der Waals surface area contributed by atoms with E-state index in [1.54, 1.807) is 38.2 Å². The number of aromatic hydroxyl groups is 1. The molecular formula is C36H36N6O9S2. The number of β-lactam (4-membered cyclic amide) rings is 2. The number of nitrogens with zero attached hydrogens (tertiary/aromatic N) is 2. The van der Waals surface area contributed by atoms with Gasteiger partial charge in [0.15, 0.2) is 0 Å². The molecule has 4 aliphatic rings. The summed E-state index contributed by atoms with van der Waals surface area (Å²) in [7, 11) is 0. The number of hydrogen-bond acceptors (Lipinski definition) is 12. The molecule has 2 aromatic rings. The first-order valence-electron chi connectivity index (χ1n) is 16.4. The van der Waals surface area contributed by atoms with E-state index in [1.807, 2.05) is 0 Å². The van der Waals surface area contributed by atoms with Gasteiger partial charge in [-0.1, -0.05) is 48.6 Å². The van der Waals surface area contributed by atoms with Gasteiger partial charge in [-0.3, -0.25) is 29.0 Å². The number of amides is 4. The molecule has 0 aromatic heterocycles. The van der Waals surface area contributed by atoms with Crippen molar-refractivity contribution in [3.63, 3.8) is 0 Å². The Morgan fingerprint density at radius 2 is 1.21 bits per heavy atom. The van der Waals surface area contributed by atoms with Crippen LogP contribution in [0.5, 0.6) is 11.5 Å². The van der Waals surface area contributed by atoms with Crippen molar-refractivity contribution in [2.75, 3.05) is 11.5 Å². The van der Waals surface area contributed by atoms with Gasteiger partial charge in [-0.2, -0.15) is 0 Å². The van der Waals surface area contributed by atoms with Crippen LogP contribution < -0.4 is 26.8 Å². The molecule has 8 N–H and O–H groups in total. The lowest BCUT2D eigenvalue weighted by Gasteiger charge is -2.49. The molecule has 0 radical (unpaired) electrons. The molecular weight excluding hydrogens is 725 g/mol. The molecule has 17 heteroatoms. The summed E-state index contributed by atoms with van der Waals surface area (Å²) in [4.78, 5) is 80.3. The first-order valence-corrected chi connectivity index (χ1v) is 18.5. The summed E-state index contributed by atoms with van der Waals surface area (Å²) in [5, 5.41) is 23.4. The normalized spacial score (nSPS) is 23.5.